The van der Waals surface area contributed by atoms with Gasteiger partial charge in [0.1, 0.15) is 0 Å². The topological polar surface area (TPSA) is 55.1 Å². The Morgan fingerprint density at radius 3 is 2.71 bits per heavy atom. The van der Waals surface area contributed by atoms with Crippen LogP contribution in [-0.4, -0.2) is 18.2 Å². The predicted octanol–water partition coefficient (Wildman–Crippen LogP) is -0.0248. The summed E-state index contributed by atoms with van der Waals surface area (Å²) in [4.78, 5) is 10.2. The van der Waals surface area contributed by atoms with Gasteiger partial charge in [-0.25, -0.2) is 0 Å². The van der Waals surface area contributed by atoms with Crippen molar-refractivity contribution in [2.24, 2.45) is 5.73 Å². The first-order valence-electron chi connectivity index (χ1n) is 1.83. The van der Waals surface area contributed by atoms with Crippen LogP contribution in [0.4, 0.5) is 4.79 Å². The Kier molecular flexibility index (Phi) is 3.83. The Bertz CT molecular complexity index is 66.0. The average molecular weight is 120 g/mol. The molecule has 0 aromatic heterocycles. The van der Waals surface area contributed by atoms with E-state index in [1.54, 1.807) is 6.26 Å². The van der Waals surface area contributed by atoms with Gasteiger partial charge in [-0.1, -0.05) is 11.8 Å². The van der Waals surface area contributed by atoms with Gasteiger partial charge in [-0.15, -0.1) is 0 Å². The van der Waals surface area contributed by atoms with Gasteiger partial charge in [-0.05, 0) is 6.26 Å². The zero-order valence-electron chi connectivity index (χ0n) is 4.10. The van der Waals surface area contributed by atoms with Crippen molar-refractivity contribution in [3.63, 3.8) is 0 Å². The first kappa shape index (κ1) is 6.78. The number of nitrogens with one attached hydrogen (secondary N) is 1. The molecule has 3 nitrogen and oxygen atoms in total. The van der Waals surface area contributed by atoms with Crippen molar-refractivity contribution in [3.05, 3.63) is 0 Å². The lowest BCUT2D eigenvalue weighted by atomic mass is 11.1. The fourth-order valence-electron chi connectivity index (χ4n) is 0.156. The van der Waals surface area contributed by atoms with E-state index in [0.29, 0.717) is 0 Å². The van der Waals surface area contributed by atoms with Gasteiger partial charge in [-0.3, -0.25) is 4.79 Å². The molecule has 0 aromatic rings. The Morgan fingerprint density at radius 2 is 2.57 bits per heavy atom. The van der Waals surface area contributed by atoms with Gasteiger partial charge in [0.15, 0.2) is 0 Å². The van der Waals surface area contributed by atoms with E-state index >= 15 is 0 Å². The van der Waals surface area contributed by atoms with Crippen LogP contribution in [0.2, 0.25) is 0 Å². The molecule has 0 aromatic carbocycles. The van der Waals surface area contributed by atoms with Crippen molar-refractivity contribution in [2.45, 2.75) is 0 Å². The van der Waals surface area contributed by atoms with E-state index < -0.39 is 0 Å². The molecule has 0 aliphatic rings. The quantitative estimate of drug-likeness (QED) is 0.478. The van der Waals surface area contributed by atoms with Crippen LogP contribution in [0, 0.1) is 0 Å². The molecule has 0 rings (SSSR count). The van der Waals surface area contributed by atoms with Crippen LogP contribution < -0.4 is 11.1 Å². The number of amides is 1. The number of rotatable bonds is 1. The van der Waals surface area contributed by atoms with Crippen LogP contribution in [0.3, 0.4) is 0 Å². The van der Waals surface area contributed by atoms with Gasteiger partial charge >= 0.3 is 0 Å². The Balaban J connectivity index is 3.00. The van der Waals surface area contributed by atoms with Gasteiger partial charge in [0.25, 0.3) is 5.24 Å². The molecule has 0 heterocycles. The maximum absolute atomic E-state index is 10.2. The Morgan fingerprint density at radius 1 is 2.00 bits per heavy atom. The first-order valence-corrected chi connectivity index (χ1v) is 3.05. The number of hydrogen-bond acceptors (Lipinski definition) is 3. The molecule has 4 heteroatoms. The lowest BCUT2D eigenvalue weighted by molar-refractivity contribution is 0.261. The molecule has 7 heavy (non-hydrogen) atoms. The maximum Gasteiger partial charge on any atom is 0.279 e. The number of carbonyl (C=O) groups is 1. The molecule has 0 atom stereocenters. The second-order valence-electron chi connectivity index (χ2n) is 0.872. The highest BCUT2D eigenvalue weighted by Crippen LogP contribution is 1.89. The van der Waals surface area contributed by atoms with Crippen molar-refractivity contribution in [1.29, 1.82) is 0 Å². The van der Waals surface area contributed by atoms with Crippen LogP contribution in [-0.2, 0) is 0 Å². The zero-order valence-corrected chi connectivity index (χ0v) is 4.92. The van der Waals surface area contributed by atoms with Crippen LogP contribution in [0.15, 0.2) is 0 Å². The maximum atomic E-state index is 10.2. The highest BCUT2D eigenvalue weighted by molar-refractivity contribution is 8.12. The van der Waals surface area contributed by atoms with Crippen molar-refractivity contribution in [2.75, 3.05) is 12.9 Å². The summed E-state index contributed by atoms with van der Waals surface area (Å²) in [6.07, 6.45) is 1.70. The standard InChI is InChI=1S/C3H8N2OS/c1-7-3(6)5-2-4/h2,4H2,1H3,(H,5,6). The molecule has 0 bridgehead atoms. The van der Waals surface area contributed by atoms with Crippen LogP contribution >= 0.6 is 11.8 Å². The number of carbonyl (C=O) groups excluding carboxylic acids is 1. The predicted molar refractivity (Wildman–Crippen MR) is 31.1 cm³/mol. The van der Waals surface area contributed by atoms with E-state index in [0.717, 1.165) is 11.8 Å². The van der Waals surface area contributed by atoms with Crippen molar-refractivity contribution in [1.82, 2.24) is 5.32 Å². The normalized spacial score (nSPS) is 8.29. The van der Waals surface area contributed by atoms with E-state index in [2.05, 4.69) is 5.32 Å². The van der Waals surface area contributed by atoms with Crippen LogP contribution in [0.5, 0.6) is 0 Å². The van der Waals surface area contributed by atoms with Crippen molar-refractivity contribution < 1.29 is 4.79 Å². The number of nitrogens with two attached hydrogens (primary N) is 1. The Hall–Kier alpha value is -0.220. The number of thioether (sulfide) groups is 1. The molecule has 0 fully saturated rings. The summed E-state index contributed by atoms with van der Waals surface area (Å²) in [6.45, 7) is 0.222. The molecule has 0 spiro atoms. The lowest BCUT2D eigenvalue weighted by Gasteiger charge is -1.93. The highest BCUT2D eigenvalue weighted by Gasteiger charge is 1.89. The SMILES string of the molecule is CSC(=O)NCN. The molecular weight excluding hydrogens is 112 g/mol. The van der Waals surface area contributed by atoms with Gasteiger partial charge in [0.05, 0.1) is 6.67 Å². The second kappa shape index (κ2) is 3.95. The van der Waals surface area contributed by atoms with Gasteiger partial charge in [0, 0.05) is 0 Å². The number of hydrogen-bond donors (Lipinski definition) is 2. The summed E-state index contributed by atoms with van der Waals surface area (Å²) in [5, 5.41) is 2.32. The van der Waals surface area contributed by atoms with E-state index in [1.165, 1.54) is 0 Å². The second-order valence-corrected chi connectivity index (χ2v) is 1.65. The average Bonchev–Trinajstić information content (AvgIpc) is 1.68. The third kappa shape index (κ3) is 3.61. The summed E-state index contributed by atoms with van der Waals surface area (Å²) >= 11 is 1.12. The molecule has 42 valence electrons. The van der Waals surface area contributed by atoms with Gasteiger partial charge < -0.3 is 11.1 Å². The van der Waals surface area contributed by atoms with E-state index in [-0.39, 0.29) is 11.9 Å². The molecule has 0 saturated carbocycles. The molecule has 1 amide bonds. The minimum Gasteiger partial charge on any atom is -0.335 e. The third-order valence-corrected chi connectivity index (χ3v) is 0.947. The van der Waals surface area contributed by atoms with E-state index in [4.69, 9.17) is 5.73 Å². The first-order chi connectivity index (χ1) is 3.31. The largest absolute Gasteiger partial charge is 0.335 e. The summed E-state index contributed by atoms with van der Waals surface area (Å²) in [5.41, 5.74) is 4.96. The highest BCUT2D eigenvalue weighted by atomic mass is 32.2. The summed E-state index contributed by atoms with van der Waals surface area (Å²) in [6, 6.07) is 0. The lowest BCUT2D eigenvalue weighted by Crippen LogP contribution is -2.25. The molecule has 3 N–H and O–H groups in total. The van der Waals surface area contributed by atoms with E-state index in [9.17, 15) is 4.79 Å². The smallest absolute Gasteiger partial charge is 0.279 e. The minimum atomic E-state index is -0.0810. The molecular formula is C3H8N2OS. The third-order valence-electron chi connectivity index (χ3n) is 0.432. The summed E-state index contributed by atoms with van der Waals surface area (Å²) in [7, 11) is 0. The van der Waals surface area contributed by atoms with Gasteiger partial charge in [-0.2, -0.15) is 0 Å². The van der Waals surface area contributed by atoms with Crippen molar-refractivity contribution >= 4 is 17.0 Å². The summed E-state index contributed by atoms with van der Waals surface area (Å²) in [5.74, 6) is 0. The molecule has 0 unspecified atom stereocenters. The monoisotopic (exact) mass is 120 g/mol. The van der Waals surface area contributed by atoms with Crippen LogP contribution in [0.25, 0.3) is 0 Å². The molecule has 0 saturated heterocycles. The van der Waals surface area contributed by atoms with Crippen LogP contribution in [0.1, 0.15) is 0 Å². The molecule has 0 radical (unpaired) electrons. The Labute approximate surface area is 46.6 Å². The molecule has 0 aliphatic heterocycles. The van der Waals surface area contributed by atoms with Gasteiger partial charge in [0.2, 0.25) is 0 Å². The van der Waals surface area contributed by atoms with Crippen molar-refractivity contribution in [3.8, 4) is 0 Å². The van der Waals surface area contributed by atoms with E-state index in [1.807, 2.05) is 0 Å². The fourth-order valence-corrected chi connectivity index (χ4v) is 0.383. The summed E-state index contributed by atoms with van der Waals surface area (Å²) < 4.78 is 0. The molecule has 0 aliphatic carbocycles. The minimum absolute atomic E-state index is 0.0810. The fraction of sp³-hybridized carbons (Fsp3) is 0.667. The zero-order chi connectivity index (χ0) is 5.70.